The zero-order valence-electron chi connectivity index (χ0n) is 17.0. The molecular weight excluding hydrogens is 368 g/mol. The molecule has 1 aromatic carbocycles. The molecule has 1 fully saturated rings. The lowest BCUT2D eigenvalue weighted by Crippen LogP contribution is -2.19. The number of carboxylic acids is 1. The number of hydrogen-bond acceptors (Lipinski definition) is 4. The SMILES string of the molecule is CC#CC[C@H](C)[C@H](O)/C=C\[C@@H]1[C@H]2c3cccc(CCCC(=O)O)c3O[C@H]2C[C@H]1O. The van der Waals surface area contributed by atoms with Crippen molar-refractivity contribution in [3.63, 3.8) is 0 Å². The predicted molar refractivity (Wildman–Crippen MR) is 111 cm³/mol. The van der Waals surface area contributed by atoms with Gasteiger partial charge in [0.2, 0.25) is 0 Å². The highest BCUT2D eigenvalue weighted by Crippen LogP contribution is 2.52. The van der Waals surface area contributed by atoms with E-state index in [0.29, 0.717) is 25.7 Å². The Hall–Kier alpha value is -2.29. The molecule has 6 atom stereocenters. The Bertz CT molecular complexity index is 818. The highest BCUT2D eigenvalue weighted by Gasteiger charge is 2.48. The van der Waals surface area contributed by atoms with E-state index in [4.69, 9.17) is 9.84 Å². The Morgan fingerprint density at radius 3 is 2.93 bits per heavy atom. The Balaban J connectivity index is 1.75. The molecule has 29 heavy (non-hydrogen) atoms. The van der Waals surface area contributed by atoms with Gasteiger partial charge in [-0.15, -0.1) is 11.8 Å². The second kappa shape index (κ2) is 9.47. The van der Waals surface area contributed by atoms with Gasteiger partial charge in [0.05, 0.1) is 12.2 Å². The fourth-order valence-electron chi connectivity index (χ4n) is 4.41. The minimum absolute atomic E-state index is 0.0287. The number of carbonyl (C=O) groups is 1. The summed E-state index contributed by atoms with van der Waals surface area (Å²) in [5, 5.41) is 29.9. The van der Waals surface area contributed by atoms with E-state index in [9.17, 15) is 15.0 Å². The lowest BCUT2D eigenvalue weighted by Gasteiger charge is -2.19. The molecule has 5 nitrogen and oxygen atoms in total. The number of hydrogen-bond donors (Lipinski definition) is 3. The summed E-state index contributed by atoms with van der Waals surface area (Å²) in [5.41, 5.74) is 2.11. The number of rotatable bonds is 8. The van der Waals surface area contributed by atoms with Crippen molar-refractivity contribution in [2.75, 3.05) is 0 Å². The second-order valence-electron chi connectivity index (χ2n) is 8.13. The van der Waals surface area contributed by atoms with Crippen molar-refractivity contribution in [1.29, 1.82) is 0 Å². The summed E-state index contributed by atoms with van der Waals surface area (Å²) in [6.45, 7) is 3.75. The average Bonchev–Trinajstić information content (AvgIpc) is 3.19. The van der Waals surface area contributed by atoms with E-state index in [1.807, 2.05) is 31.2 Å². The number of aliphatic hydroxyl groups is 2. The van der Waals surface area contributed by atoms with Gasteiger partial charge in [-0.3, -0.25) is 4.79 Å². The molecule has 2 aliphatic rings. The third kappa shape index (κ3) is 4.83. The Morgan fingerprint density at radius 1 is 1.41 bits per heavy atom. The number of aliphatic hydroxyl groups excluding tert-OH is 2. The van der Waals surface area contributed by atoms with E-state index in [2.05, 4.69) is 11.8 Å². The minimum Gasteiger partial charge on any atom is -0.489 e. The molecule has 3 N–H and O–H groups in total. The van der Waals surface area contributed by atoms with Crippen LogP contribution in [-0.2, 0) is 11.2 Å². The first-order chi connectivity index (χ1) is 13.9. The third-order valence-corrected chi connectivity index (χ3v) is 6.04. The van der Waals surface area contributed by atoms with Crippen molar-refractivity contribution in [1.82, 2.24) is 0 Å². The van der Waals surface area contributed by atoms with Gasteiger partial charge in [0.25, 0.3) is 0 Å². The molecule has 0 amide bonds. The summed E-state index contributed by atoms with van der Waals surface area (Å²) in [4.78, 5) is 10.8. The van der Waals surface area contributed by atoms with Gasteiger partial charge in [-0.1, -0.05) is 37.3 Å². The van der Waals surface area contributed by atoms with Crippen molar-refractivity contribution in [3.8, 4) is 17.6 Å². The largest absolute Gasteiger partial charge is 0.489 e. The number of benzene rings is 1. The maximum atomic E-state index is 10.8. The topological polar surface area (TPSA) is 87.0 Å². The van der Waals surface area contributed by atoms with Crippen LogP contribution in [0.4, 0.5) is 0 Å². The van der Waals surface area contributed by atoms with E-state index in [-0.39, 0.29) is 30.3 Å². The third-order valence-electron chi connectivity index (χ3n) is 6.04. The van der Waals surface area contributed by atoms with Gasteiger partial charge in [0, 0.05) is 36.7 Å². The van der Waals surface area contributed by atoms with Crippen LogP contribution in [-0.4, -0.2) is 39.6 Å². The van der Waals surface area contributed by atoms with Crippen molar-refractivity contribution in [2.45, 2.75) is 70.2 Å². The maximum absolute atomic E-state index is 10.8. The minimum atomic E-state index is -0.790. The number of aliphatic carboxylic acids is 1. The highest BCUT2D eigenvalue weighted by molar-refractivity contribution is 5.66. The smallest absolute Gasteiger partial charge is 0.303 e. The highest BCUT2D eigenvalue weighted by atomic mass is 16.5. The van der Waals surface area contributed by atoms with Crippen LogP contribution in [0, 0.1) is 23.7 Å². The summed E-state index contributed by atoms with van der Waals surface area (Å²) in [6.07, 6.45) is 5.07. The van der Waals surface area contributed by atoms with Gasteiger partial charge >= 0.3 is 5.97 Å². The molecule has 0 unspecified atom stereocenters. The Labute approximate surface area is 172 Å². The molecule has 1 aliphatic carbocycles. The van der Waals surface area contributed by atoms with Gasteiger partial charge in [-0.25, -0.2) is 0 Å². The lowest BCUT2D eigenvalue weighted by atomic mass is 9.86. The van der Waals surface area contributed by atoms with Crippen LogP contribution in [0.25, 0.3) is 0 Å². The molecule has 156 valence electrons. The quantitative estimate of drug-likeness (QED) is 0.462. The number of aryl methyl sites for hydroxylation is 1. The van der Waals surface area contributed by atoms with Crippen molar-refractivity contribution < 1.29 is 24.9 Å². The van der Waals surface area contributed by atoms with E-state index >= 15 is 0 Å². The van der Waals surface area contributed by atoms with Gasteiger partial charge in [0.1, 0.15) is 11.9 Å². The fraction of sp³-hybridized carbons (Fsp3) is 0.542. The molecule has 0 radical (unpaired) electrons. The molecule has 1 aliphatic heterocycles. The van der Waals surface area contributed by atoms with Crippen LogP contribution in [0.5, 0.6) is 5.75 Å². The molecule has 0 bridgehead atoms. The lowest BCUT2D eigenvalue weighted by molar-refractivity contribution is -0.137. The number of ether oxygens (including phenoxy) is 1. The zero-order chi connectivity index (χ0) is 21.0. The van der Waals surface area contributed by atoms with Gasteiger partial charge < -0.3 is 20.1 Å². The standard InChI is InChI=1S/C24H30O5/c1-3-4-7-15(2)19(25)13-12-17-20(26)14-21-23(17)18-10-5-8-16(24(18)29-21)9-6-11-22(27)28/h5,8,10,12-13,15,17,19-21,23,25-26H,6-7,9,11,14H2,1-2H3,(H,27,28)/b13-12-/t15-,17-,19+,20+,21-,23-/m0/s1. The van der Waals surface area contributed by atoms with E-state index < -0.39 is 18.2 Å². The first kappa shape index (κ1) is 21.4. The molecule has 3 rings (SSSR count). The first-order valence-corrected chi connectivity index (χ1v) is 10.4. The number of fused-ring (bicyclic) bond motifs is 3. The number of para-hydroxylation sites is 1. The molecule has 0 saturated heterocycles. The molecular formula is C24H30O5. The molecule has 1 saturated carbocycles. The summed E-state index contributed by atoms with van der Waals surface area (Å²) in [5.74, 6) is 5.87. The fourth-order valence-corrected chi connectivity index (χ4v) is 4.41. The molecule has 1 heterocycles. The summed E-state index contributed by atoms with van der Waals surface area (Å²) in [7, 11) is 0. The molecule has 0 spiro atoms. The van der Waals surface area contributed by atoms with Crippen LogP contribution >= 0.6 is 0 Å². The normalized spacial score (nSPS) is 26.9. The van der Waals surface area contributed by atoms with E-state index in [0.717, 1.165) is 16.9 Å². The van der Waals surface area contributed by atoms with Crippen LogP contribution < -0.4 is 4.74 Å². The van der Waals surface area contributed by atoms with E-state index in [1.54, 1.807) is 13.0 Å². The Kier molecular flexibility index (Phi) is 7.00. The zero-order valence-corrected chi connectivity index (χ0v) is 17.0. The number of carboxylic acid groups (broad SMARTS) is 1. The van der Waals surface area contributed by atoms with Crippen LogP contribution in [0.2, 0.25) is 0 Å². The van der Waals surface area contributed by atoms with Crippen molar-refractivity contribution in [3.05, 3.63) is 41.5 Å². The van der Waals surface area contributed by atoms with Crippen molar-refractivity contribution in [2.24, 2.45) is 11.8 Å². The van der Waals surface area contributed by atoms with Gasteiger partial charge in [-0.2, -0.15) is 0 Å². The van der Waals surface area contributed by atoms with Crippen LogP contribution in [0.15, 0.2) is 30.4 Å². The molecule has 1 aromatic rings. The second-order valence-corrected chi connectivity index (χ2v) is 8.13. The predicted octanol–water partition coefficient (Wildman–Crippen LogP) is 3.29. The summed E-state index contributed by atoms with van der Waals surface area (Å²) < 4.78 is 6.21. The monoisotopic (exact) mass is 398 g/mol. The van der Waals surface area contributed by atoms with Crippen molar-refractivity contribution >= 4 is 5.97 Å². The molecule has 0 aromatic heterocycles. The van der Waals surface area contributed by atoms with Gasteiger partial charge in [-0.05, 0) is 31.2 Å². The van der Waals surface area contributed by atoms with E-state index in [1.165, 1.54) is 0 Å². The average molecular weight is 398 g/mol. The summed E-state index contributed by atoms with van der Waals surface area (Å²) in [6, 6.07) is 6.01. The maximum Gasteiger partial charge on any atom is 0.303 e. The Morgan fingerprint density at radius 2 is 2.21 bits per heavy atom. The van der Waals surface area contributed by atoms with Gasteiger partial charge in [0.15, 0.2) is 0 Å². The van der Waals surface area contributed by atoms with Crippen LogP contribution in [0.1, 0.15) is 56.6 Å². The first-order valence-electron chi connectivity index (χ1n) is 10.4. The van der Waals surface area contributed by atoms with Crippen LogP contribution in [0.3, 0.4) is 0 Å². The summed E-state index contributed by atoms with van der Waals surface area (Å²) >= 11 is 0. The molecule has 5 heteroatoms.